The summed E-state index contributed by atoms with van der Waals surface area (Å²) in [5.74, 6) is -2.98. The fourth-order valence-corrected chi connectivity index (χ4v) is 2.80. The summed E-state index contributed by atoms with van der Waals surface area (Å²) in [6, 6.07) is 2.38. The molecule has 1 aromatic carbocycles. The first kappa shape index (κ1) is 27.8. The van der Waals surface area contributed by atoms with Crippen molar-refractivity contribution in [2.75, 3.05) is 20.2 Å². The zero-order chi connectivity index (χ0) is 25.5. The van der Waals surface area contributed by atoms with Crippen molar-refractivity contribution in [1.82, 2.24) is 15.5 Å². The van der Waals surface area contributed by atoms with E-state index in [4.69, 9.17) is 16.3 Å². The molecule has 11 nitrogen and oxygen atoms in total. The third-order valence-electron chi connectivity index (χ3n) is 4.27. The van der Waals surface area contributed by atoms with Gasteiger partial charge in [-0.1, -0.05) is 25.4 Å². The van der Waals surface area contributed by atoms with Crippen molar-refractivity contribution in [1.29, 1.82) is 0 Å². The molecule has 0 aromatic heterocycles. The highest BCUT2D eigenvalue weighted by Crippen LogP contribution is 2.25. The van der Waals surface area contributed by atoms with Gasteiger partial charge in [-0.05, 0) is 38.8 Å². The van der Waals surface area contributed by atoms with Crippen LogP contribution in [0.3, 0.4) is 0 Å². The summed E-state index contributed by atoms with van der Waals surface area (Å²) < 4.78 is 5.04. The van der Waals surface area contributed by atoms with Crippen molar-refractivity contribution >= 4 is 41.0 Å². The summed E-state index contributed by atoms with van der Waals surface area (Å²) in [7, 11) is 1.40. The van der Waals surface area contributed by atoms with Crippen LogP contribution >= 0.6 is 11.6 Å². The maximum absolute atomic E-state index is 12.5. The number of nitro groups is 1. The number of amides is 3. The zero-order valence-electron chi connectivity index (χ0n) is 19.4. The fraction of sp³-hybridized carbons (Fsp3) is 0.524. The van der Waals surface area contributed by atoms with Crippen LogP contribution in [0, 0.1) is 16.0 Å². The minimum atomic E-state index is -1.12. The van der Waals surface area contributed by atoms with Crippen molar-refractivity contribution in [2.24, 2.45) is 5.92 Å². The maximum atomic E-state index is 12.5. The van der Waals surface area contributed by atoms with Crippen molar-refractivity contribution in [3.8, 4) is 0 Å². The molecule has 0 unspecified atom stereocenters. The average Bonchev–Trinajstić information content (AvgIpc) is 2.67. The summed E-state index contributed by atoms with van der Waals surface area (Å²) in [6.07, 6.45) is 0. The predicted octanol–water partition coefficient (Wildman–Crippen LogP) is 1.92. The quantitative estimate of drug-likeness (QED) is 0.309. The van der Waals surface area contributed by atoms with Gasteiger partial charge in [-0.25, -0.2) is 4.79 Å². The SMILES string of the molecule is CC(C)[C@H](NC(=O)c1ccc(Cl)c([N+](=O)[O-])c1)C(=O)OCC(=O)N(C)CC(=O)NC(C)(C)C. The van der Waals surface area contributed by atoms with Crippen molar-refractivity contribution in [3.05, 3.63) is 38.9 Å². The number of nitrogens with one attached hydrogen (secondary N) is 2. The molecule has 12 heteroatoms. The maximum Gasteiger partial charge on any atom is 0.329 e. The summed E-state index contributed by atoms with van der Waals surface area (Å²) in [5, 5.41) is 16.1. The molecule has 0 aliphatic carbocycles. The van der Waals surface area contributed by atoms with Crippen LogP contribution in [-0.2, 0) is 19.1 Å². The van der Waals surface area contributed by atoms with Crippen LogP contribution in [0.4, 0.5) is 5.69 Å². The van der Waals surface area contributed by atoms with E-state index in [1.165, 1.54) is 19.2 Å². The van der Waals surface area contributed by atoms with Crippen molar-refractivity contribution in [3.63, 3.8) is 0 Å². The smallest absolute Gasteiger partial charge is 0.329 e. The normalized spacial score (nSPS) is 12.0. The Morgan fingerprint density at radius 3 is 2.33 bits per heavy atom. The van der Waals surface area contributed by atoms with E-state index >= 15 is 0 Å². The molecule has 182 valence electrons. The Bertz CT molecular complexity index is 928. The van der Waals surface area contributed by atoms with Gasteiger partial charge in [0.05, 0.1) is 11.5 Å². The van der Waals surface area contributed by atoms with E-state index in [-0.39, 0.29) is 23.0 Å². The largest absolute Gasteiger partial charge is 0.454 e. The fourth-order valence-electron chi connectivity index (χ4n) is 2.61. The van der Waals surface area contributed by atoms with Crippen LogP contribution in [0.2, 0.25) is 5.02 Å². The van der Waals surface area contributed by atoms with Gasteiger partial charge in [0.1, 0.15) is 11.1 Å². The minimum Gasteiger partial charge on any atom is -0.454 e. The van der Waals surface area contributed by atoms with Gasteiger partial charge in [0.15, 0.2) is 6.61 Å². The van der Waals surface area contributed by atoms with E-state index in [0.29, 0.717) is 0 Å². The Morgan fingerprint density at radius 2 is 1.82 bits per heavy atom. The standard InChI is InChI=1S/C21H29ClN4O7/c1-12(2)18(23-19(29)13-7-8-14(22)15(9-13)26(31)32)20(30)33-11-17(28)25(6)10-16(27)24-21(3,4)5/h7-9,12,18H,10-11H2,1-6H3,(H,23,29)(H,24,27)/t18-/m0/s1. The molecule has 0 fully saturated rings. The lowest BCUT2D eigenvalue weighted by Crippen LogP contribution is -2.48. The lowest BCUT2D eigenvalue weighted by Gasteiger charge is -2.24. The van der Waals surface area contributed by atoms with E-state index < -0.39 is 52.5 Å². The highest BCUT2D eigenvalue weighted by molar-refractivity contribution is 6.32. The first-order chi connectivity index (χ1) is 15.1. The molecule has 0 bridgehead atoms. The number of nitro benzene ring substituents is 1. The lowest BCUT2D eigenvalue weighted by atomic mass is 10.0. The number of carbonyl (C=O) groups is 4. The number of hydrogen-bond donors (Lipinski definition) is 2. The zero-order valence-corrected chi connectivity index (χ0v) is 20.2. The number of carbonyl (C=O) groups excluding carboxylic acids is 4. The molecule has 33 heavy (non-hydrogen) atoms. The Balaban J connectivity index is 2.75. The summed E-state index contributed by atoms with van der Waals surface area (Å²) in [4.78, 5) is 60.6. The number of nitrogens with zero attached hydrogens (tertiary/aromatic N) is 2. The van der Waals surface area contributed by atoms with Crippen LogP contribution in [0.15, 0.2) is 18.2 Å². The molecule has 0 aliphatic heterocycles. The topological polar surface area (TPSA) is 148 Å². The monoisotopic (exact) mass is 484 g/mol. The highest BCUT2D eigenvalue weighted by Gasteiger charge is 2.28. The summed E-state index contributed by atoms with van der Waals surface area (Å²) in [5.41, 5.74) is -0.969. The predicted molar refractivity (Wildman–Crippen MR) is 121 cm³/mol. The van der Waals surface area contributed by atoms with E-state index in [0.717, 1.165) is 11.0 Å². The van der Waals surface area contributed by atoms with E-state index in [9.17, 15) is 29.3 Å². The third kappa shape index (κ3) is 9.05. The number of rotatable bonds is 9. The molecule has 1 rings (SSSR count). The molecule has 1 aromatic rings. The van der Waals surface area contributed by atoms with Gasteiger partial charge in [-0.15, -0.1) is 0 Å². The number of esters is 1. The van der Waals surface area contributed by atoms with Gasteiger partial charge in [0, 0.05) is 24.2 Å². The van der Waals surface area contributed by atoms with E-state index in [1.807, 2.05) is 0 Å². The summed E-state index contributed by atoms with van der Waals surface area (Å²) in [6.45, 7) is 7.88. The van der Waals surface area contributed by atoms with Crippen LogP contribution in [0.25, 0.3) is 0 Å². The van der Waals surface area contributed by atoms with Crippen LogP contribution < -0.4 is 10.6 Å². The van der Waals surface area contributed by atoms with Gasteiger partial charge in [-0.3, -0.25) is 24.5 Å². The van der Waals surface area contributed by atoms with Gasteiger partial charge in [0.25, 0.3) is 17.5 Å². The molecule has 0 heterocycles. The number of halogens is 1. The second kappa shape index (κ2) is 11.6. The second-order valence-electron chi connectivity index (χ2n) is 8.77. The molecule has 0 aliphatic rings. The highest BCUT2D eigenvalue weighted by atomic mass is 35.5. The van der Waals surface area contributed by atoms with Crippen molar-refractivity contribution < 1.29 is 28.8 Å². The third-order valence-corrected chi connectivity index (χ3v) is 4.59. The van der Waals surface area contributed by atoms with Crippen LogP contribution in [-0.4, -0.2) is 65.3 Å². The molecule has 0 saturated carbocycles. The molecule has 3 amide bonds. The second-order valence-corrected chi connectivity index (χ2v) is 9.18. The Labute approximate surface area is 196 Å². The van der Waals surface area contributed by atoms with Gasteiger partial charge >= 0.3 is 5.97 Å². The first-order valence-electron chi connectivity index (χ1n) is 10.1. The molecule has 0 radical (unpaired) electrons. The van der Waals surface area contributed by atoms with E-state index in [1.54, 1.807) is 34.6 Å². The molecular formula is C21H29ClN4O7. The minimum absolute atomic E-state index is 0.0646. The Hall–Kier alpha value is -3.21. The summed E-state index contributed by atoms with van der Waals surface area (Å²) >= 11 is 5.75. The molecule has 0 saturated heterocycles. The van der Waals surface area contributed by atoms with Gasteiger partial charge in [-0.2, -0.15) is 0 Å². The molecule has 1 atom stereocenters. The molecule has 0 spiro atoms. The number of likely N-dealkylation sites (N-methyl/N-ethyl adjacent to an activating group) is 1. The average molecular weight is 485 g/mol. The van der Waals surface area contributed by atoms with Crippen LogP contribution in [0.5, 0.6) is 0 Å². The van der Waals surface area contributed by atoms with Crippen LogP contribution in [0.1, 0.15) is 45.0 Å². The first-order valence-corrected chi connectivity index (χ1v) is 10.5. The lowest BCUT2D eigenvalue weighted by molar-refractivity contribution is -0.384. The number of hydrogen-bond acceptors (Lipinski definition) is 7. The Kier molecular flexibility index (Phi) is 9.78. The van der Waals surface area contributed by atoms with Crippen molar-refractivity contribution in [2.45, 2.75) is 46.2 Å². The number of ether oxygens (including phenoxy) is 1. The van der Waals surface area contributed by atoms with Gasteiger partial charge in [0.2, 0.25) is 5.91 Å². The molecular weight excluding hydrogens is 456 g/mol. The number of benzene rings is 1. The van der Waals surface area contributed by atoms with E-state index in [2.05, 4.69) is 10.6 Å². The Morgan fingerprint density at radius 1 is 1.21 bits per heavy atom. The van der Waals surface area contributed by atoms with Gasteiger partial charge < -0.3 is 20.3 Å². The molecule has 2 N–H and O–H groups in total.